The van der Waals surface area contributed by atoms with E-state index in [1.54, 1.807) is 0 Å². The van der Waals surface area contributed by atoms with E-state index in [1.807, 2.05) is 19.1 Å². The zero-order chi connectivity index (χ0) is 10.8. The number of aromatic hydroxyl groups is 1. The second-order valence-electron chi connectivity index (χ2n) is 3.83. The lowest BCUT2D eigenvalue weighted by molar-refractivity contribution is 0.467. The predicted octanol–water partition coefficient (Wildman–Crippen LogP) is 1.87. The fraction of sp³-hybridized carbons (Fsp3) is 0.455. The molecule has 1 heterocycles. The van der Waals surface area contributed by atoms with Crippen LogP contribution in [-0.2, 0) is 0 Å². The standard InChI is InChI=1S/C11H15BrN2O/c1-8-6-9(7-10(12)11(8)15)14-4-2-13-3-5-14/h6-7,13,15H,2-5H2,1H3. The van der Waals surface area contributed by atoms with E-state index in [0.29, 0.717) is 5.75 Å². The van der Waals surface area contributed by atoms with Gasteiger partial charge in [-0.15, -0.1) is 0 Å². The van der Waals surface area contributed by atoms with Gasteiger partial charge in [0.15, 0.2) is 0 Å². The summed E-state index contributed by atoms with van der Waals surface area (Å²) in [5.41, 5.74) is 2.09. The van der Waals surface area contributed by atoms with Gasteiger partial charge in [-0.3, -0.25) is 0 Å². The molecule has 0 radical (unpaired) electrons. The predicted molar refractivity (Wildman–Crippen MR) is 65.6 cm³/mol. The number of anilines is 1. The number of piperazine rings is 1. The van der Waals surface area contributed by atoms with Crippen molar-refractivity contribution in [1.29, 1.82) is 0 Å². The smallest absolute Gasteiger partial charge is 0.132 e. The zero-order valence-electron chi connectivity index (χ0n) is 8.76. The number of rotatable bonds is 1. The van der Waals surface area contributed by atoms with Crippen LogP contribution >= 0.6 is 15.9 Å². The third-order valence-corrected chi connectivity index (χ3v) is 3.33. The van der Waals surface area contributed by atoms with Crippen molar-refractivity contribution in [2.24, 2.45) is 0 Å². The first-order valence-electron chi connectivity index (χ1n) is 5.13. The Morgan fingerprint density at radius 1 is 1.33 bits per heavy atom. The second kappa shape index (κ2) is 4.41. The SMILES string of the molecule is Cc1cc(N2CCNCC2)cc(Br)c1O. The molecule has 4 heteroatoms. The molecule has 1 aliphatic rings. The highest BCUT2D eigenvalue weighted by atomic mass is 79.9. The van der Waals surface area contributed by atoms with Crippen LogP contribution in [0.3, 0.4) is 0 Å². The number of hydrogen-bond acceptors (Lipinski definition) is 3. The van der Waals surface area contributed by atoms with E-state index in [1.165, 1.54) is 5.69 Å². The van der Waals surface area contributed by atoms with Crippen molar-refractivity contribution in [1.82, 2.24) is 5.32 Å². The molecule has 2 rings (SSSR count). The van der Waals surface area contributed by atoms with Crippen molar-refractivity contribution >= 4 is 21.6 Å². The van der Waals surface area contributed by atoms with Crippen LogP contribution in [0.2, 0.25) is 0 Å². The fourth-order valence-corrected chi connectivity index (χ4v) is 2.37. The molecule has 0 atom stereocenters. The van der Waals surface area contributed by atoms with Crippen LogP contribution in [0, 0.1) is 6.92 Å². The lowest BCUT2D eigenvalue weighted by Crippen LogP contribution is -2.43. The van der Waals surface area contributed by atoms with Gasteiger partial charge in [-0.1, -0.05) is 0 Å². The number of phenols is 1. The number of aryl methyl sites for hydroxylation is 1. The highest BCUT2D eigenvalue weighted by Gasteiger charge is 2.13. The van der Waals surface area contributed by atoms with Gasteiger partial charge < -0.3 is 15.3 Å². The minimum absolute atomic E-state index is 0.342. The van der Waals surface area contributed by atoms with Gasteiger partial charge in [-0.25, -0.2) is 0 Å². The lowest BCUT2D eigenvalue weighted by atomic mass is 10.1. The number of phenolic OH excluding ortho intramolecular Hbond substituents is 1. The van der Waals surface area contributed by atoms with Crippen LogP contribution in [0.5, 0.6) is 5.75 Å². The maximum atomic E-state index is 9.65. The van der Waals surface area contributed by atoms with Gasteiger partial charge in [0, 0.05) is 31.9 Å². The summed E-state index contributed by atoms with van der Waals surface area (Å²) in [7, 11) is 0. The first-order valence-corrected chi connectivity index (χ1v) is 5.92. The largest absolute Gasteiger partial charge is 0.506 e. The molecule has 15 heavy (non-hydrogen) atoms. The maximum Gasteiger partial charge on any atom is 0.132 e. The molecule has 0 spiro atoms. The molecule has 0 aliphatic carbocycles. The van der Waals surface area contributed by atoms with Crippen molar-refractivity contribution < 1.29 is 5.11 Å². The third-order valence-electron chi connectivity index (χ3n) is 2.72. The topological polar surface area (TPSA) is 35.5 Å². The summed E-state index contributed by atoms with van der Waals surface area (Å²) < 4.78 is 0.774. The number of nitrogens with one attached hydrogen (secondary N) is 1. The van der Waals surface area contributed by atoms with Gasteiger partial charge >= 0.3 is 0 Å². The normalized spacial score (nSPS) is 16.8. The van der Waals surface area contributed by atoms with Crippen LogP contribution in [0.1, 0.15) is 5.56 Å². The van der Waals surface area contributed by atoms with Gasteiger partial charge in [-0.2, -0.15) is 0 Å². The highest BCUT2D eigenvalue weighted by Crippen LogP contribution is 2.32. The molecule has 2 N–H and O–H groups in total. The Balaban J connectivity index is 2.27. The van der Waals surface area contributed by atoms with E-state index in [-0.39, 0.29) is 0 Å². The molecule has 0 amide bonds. The van der Waals surface area contributed by atoms with E-state index in [2.05, 4.69) is 26.1 Å². The van der Waals surface area contributed by atoms with Crippen molar-refractivity contribution in [2.45, 2.75) is 6.92 Å². The van der Waals surface area contributed by atoms with Crippen LogP contribution in [0.25, 0.3) is 0 Å². The molecule has 1 saturated heterocycles. The molecular formula is C11H15BrN2O. The monoisotopic (exact) mass is 270 g/mol. The minimum Gasteiger partial charge on any atom is -0.506 e. The fourth-order valence-electron chi connectivity index (χ4n) is 1.82. The Kier molecular flexibility index (Phi) is 3.17. The van der Waals surface area contributed by atoms with Crippen LogP contribution < -0.4 is 10.2 Å². The maximum absolute atomic E-state index is 9.65. The zero-order valence-corrected chi connectivity index (χ0v) is 10.3. The molecule has 1 aliphatic heterocycles. The number of halogens is 1. The Morgan fingerprint density at radius 3 is 2.60 bits per heavy atom. The van der Waals surface area contributed by atoms with Crippen molar-refractivity contribution in [3.63, 3.8) is 0 Å². The molecule has 1 aromatic carbocycles. The molecule has 0 bridgehead atoms. The van der Waals surface area contributed by atoms with E-state index in [4.69, 9.17) is 0 Å². The first kappa shape index (κ1) is 10.8. The molecule has 0 saturated carbocycles. The Morgan fingerprint density at radius 2 is 2.00 bits per heavy atom. The summed E-state index contributed by atoms with van der Waals surface area (Å²) in [6, 6.07) is 4.01. The van der Waals surface area contributed by atoms with Crippen molar-refractivity contribution in [2.75, 3.05) is 31.1 Å². The molecule has 0 aromatic heterocycles. The molecule has 3 nitrogen and oxygen atoms in total. The van der Waals surface area contributed by atoms with E-state index >= 15 is 0 Å². The van der Waals surface area contributed by atoms with Gasteiger partial charge in [0.1, 0.15) is 5.75 Å². The van der Waals surface area contributed by atoms with Gasteiger partial charge in [-0.05, 0) is 40.5 Å². The van der Waals surface area contributed by atoms with Gasteiger partial charge in [0.2, 0.25) is 0 Å². The Labute approximate surface area is 98.2 Å². The molecule has 1 aromatic rings. The van der Waals surface area contributed by atoms with E-state index in [9.17, 15) is 5.11 Å². The lowest BCUT2D eigenvalue weighted by Gasteiger charge is -2.30. The molecule has 0 unspecified atom stereocenters. The van der Waals surface area contributed by atoms with Crippen molar-refractivity contribution in [3.8, 4) is 5.75 Å². The summed E-state index contributed by atoms with van der Waals surface area (Å²) in [5, 5.41) is 13.0. The summed E-state index contributed by atoms with van der Waals surface area (Å²) in [6.45, 7) is 6.02. The van der Waals surface area contributed by atoms with E-state index in [0.717, 1.165) is 36.2 Å². The van der Waals surface area contributed by atoms with E-state index < -0.39 is 0 Å². The average molecular weight is 271 g/mol. The molecule has 1 fully saturated rings. The van der Waals surface area contributed by atoms with Gasteiger partial charge in [0.05, 0.1) is 4.47 Å². The number of benzene rings is 1. The first-order chi connectivity index (χ1) is 7.18. The summed E-state index contributed by atoms with van der Waals surface area (Å²) in [4.78, 5) is 2.33. The van der Waals surface area contributed by atoms with Crippen molar-refractivity contribution in [3.05, 3.63) is 22.2 Å². The molecular weight excluding hydrogens is 256 g/mol. The second-order valence-corrected chi connectivity index (χ2v) is 4.68. The summed E-state index contributed by atoms with van der Waals surface area (Å²) in [5.74, 6) is 0.342. The highest BCUT2D eigenvalue weighted by molar-refractivity contribution is 9.10. The minimum atomic E-state index is 0.342. The van der Waals surface area contributed by atoms with Crippen LogP contribution in [0.15, 0.2) is 16.6 Å². The summed E-state index contributed by atoms with van der Waals surface area (Å²) in [6.07, 6.45) is 0. The molecule has 82 valence electrons. The third kappa shape index (κ3) is 2.26. The van der Waals surface area contributed by atoms with Crippen LogP contribution in [-0.4, -0.2) is 31.3 Å². The summed E-state index contributed by atoms with van der Waals surface area (Å²) >= 11 is 3.37. The van der Waals surface area contributed by atoms with Gasteiger partial charge in [0.25, 0.3) is 0 Å². The number of nitrogens with zero attached hydrogens (tertiary/aromatic N) is 1. The number of hydrogen-bond donors (Lipinski definition) is 2. The Bertz CT molecular complexity index is 339. The Hall–Kier alpha value is -0.740. The average Bonchev–Trinajstić information content (AvgIpc) is 2.26. The van der Waals surface area contributed by atoms with Crippen LogP contribution in [0.4, 0.5) is 5.69 Å². The quantitative estimate of drug-likeness (QED) is 0.818.